The van der Waals surface area contributed by atoms with E-state index in [1.165, 1.54) is 95.0 Å². The van der Waals surface area contributed by atoms with Gasteiger partial charge in [-0.05, 0) is 63.9 Å². The Bertz CT molecular complexity index is 2580. The van der Waals surface area contributed by atoms with Gasteiger partial charge >= 0.3 is 6.85 Å². The molecule has 0 N–H and O–H groups in total. The van der Waals surface area contributed by atoms with Gasteiger partial charge in [-0.3, -0.25) is 0 Å². The van der Waals surface area contributed by atoms with E-state index < -0.39 is 0 Å². The second-order valence-electron chi connectivity index (χ2n) is 13.5. The number of aromatic nitrogens is 2. The summed E-state index contributed by atoms with van der Waals surface area (Å²) < 4.78 is 5.22. The van der Waals surface area contributed by atoms with Crippen LogP contribution in [0, 0.1) is 0 Å². The third-order valence-electron chi connectivity index (χ3n) is 10.6. The molecule has 6 aromatic carbocycles. The van der Waals surface area contributed by atoms with Crippen molar-refractivity contribution in [3.8, 4) is 27.9 Å². The predicted octanol–water partition coefficient (Wildman–Crippen LogP) is 10.1. The van der Waals surface area contributed by atoms with Gasteiger partial charge in [0.05, 0.1) is 5.52 Å². The number of nitrogens with zero attached hydrogens (tertiary/aromatic N) is 2. The van der Waals surface area contributed by atoms with E-state index in [0.29, 0.717) is 0 Å². The van der Waals surface area contributed by atoms with Gasteiger partial charge in [0.15, 0.2) is 0 Å². The minimum atomic E-state index is 0.00822. The molecule has 0 unspecified atom stereocenters. The normalized spacial score (nSPS) is 12.9. The van der Waals surface area contributed by atoms with Gasteiger partial charge in [0.25, 0.3) is 0 Å². The minimum Gasteiger partial charge on any atom is -0.376 e. The Labute approximate surface area is 294 Å². The highest BCUT2D eigenvalue weighted by molar-refractivity contribution is 6.89. The highest BCUT2D eigenvalue weighted by Gasteiger charge is 2.35. The average molecular weight is 643 g/mol. The summed E-state index contributed by atoms with van der Waals surface area (Å²) in [4.78, 5) is 0. The molecule has 0 aliphatic carbocycles. The van der Waals surface area contributed by atoms with Crippen molar-refractivity contribution in [2.75, 3.05) is 0 Å². The Morgan fingerprint density at radius 1 is 0.580 bits per heavy atom. The maximum Gasteiger partial charge on any atom is 0.328 e. The Balaban J connectivity index is 1.46. The third-order valence-corrected chi connectivity index (χ3v) is 10.6. The number of unbranched alkanes of at least 4 members (excludes halogenated alkanes) is 2. The number of fused-ring (bicyclic) bond motifs is 8. The smallest absolute Gasteiger partial charge is 0.328 e. The molecule has 0 spiro atoms. The van der Waals surface area contributed by atoms with Crippen molar-refractivity contribution in [2.45, 2.75) is 32.6 Å². The molecule has 50 heavy (non-hydrogen) atoms. The SMILES string of the molecule is C=C/C=c1\c2n(c3ccccc13)-c1ccccc1B(n1c3cc(-c4ccccc4)ccc3c3ccc(-c4ccccc4)cc31)C=2CCCCC. The molecular formula is C47H39BN2. The Hall–Kier alpha value is -5.80. The van der Waals surface area contributed by atoms with E-state index in [1.807, 2.05) is 6.08 Å². The van der Waals surface area contributed by atoms with E-state index in [0.717, 1.165) is 12.8 Å². The van der Waals surface area contributed by atoms with Gasteiger partial charge in [-0.25, -0.2) is 0 Å². The van der Waals surface area contributed by atoms with E-state index in [4.69, 9.17) is 0 Å². The first-order valence-electron chi connectivity index (χ1n) is 18.0. The summed E-state index contributed by atoms with van der Waals surface area (Å²) in [6.07, 6.45) is 8.72. The van der Waals surface area contributed by atoms with Crippen molar-refractivity contribution >= 4 is 56.6 Å². The predicted molar refractivity (Wildman–Crippen MR) is 216 cm³/mol. The van der Waals surface area contributed by atoms with Gasteiger partial charge < -0.3 is 9.05 Å². The van der Waals surface area contributed by atoms with Crippen LogP contribution in [0.25, 0.3) is 72.2 Å². The molecule has 1 aliphatic heterocycles. The van der Waals surface area contributed by atoms with E-state index in [9.17, 15) is 0 Å². The van der Waals surface area contributed by atoms with Gasteiger partial charge in [-0.1, -0.05) is 166 Å². The molecule has 2 aromatic heterocycles. The number of hydrogen-bond acceptors (Lipinski definition) is 0. The zero-order chi connectivity index (χ0) is 33.6. The topological polar surface area (TPSA) is 9.86 Å². The second kappa shape index (κ2) is 12.6. The summed E-state index contributed by atoms with van der Waals surface area (Å²) in [6.45, 7) is 6.49. The Kier molecular flexibility index (Phi) is 7.62. The lowest BCUT2D eigenvalue weighted by molar-refractivity contribution is 0.735. The molecule has 240 valence electrons. The number of hydrogen-bond donors (Lipinski definition) is 0. The van der Waals surface area contributed by atoms with Crippen molar-refractivity contribution in [1.82, 2.24) is 9.05 Å². The first-order valence-corrected chi connectivity index (χ1v) is 18.0. The van der Waals surface area contributed by atoms with Crippen LogP contribution in [0.3, 0.4) is 0 Å². The zero-order valence-corrected chi connectivity index (χ0v) is 28.5. The summed E-state index contributed by atoms with van der Waals surface area (Å²) in [5, 5.41) is 6.42. The van der Waals surface area contributed by atoms with Crippen LogP contribution in [0.1, 0.15) is 32.6 Å². The molecule has 9 rings (SSSR count). The molecule has 2 nitrogen and oxygen atoms in total. The fourth-order valence-electron chi connectivity index (χ4n) is 8.42. The molecule has 0 radical (unpaired) electrons. The quantitative estimate of drug-likeness (QED) is 0.115. The molecule has 0 saturated heterocycles. The summed E-state index contributed by atoms with van der Waals surface area (Å²) >= 11 is 0. The van der Waals surface area contributed by atoms with Crippen molar-refractivity contribution in [1.29, 1.82) is 0 Å². The van der Waals surface area contributed by atoms with E-state index in [-0.39, 0.29) is 6.85 Å². The number of para-hydroxylation sites is 2. The fraction of sp³-hybridized carbons (Fsp3) is 0.106. The molecule has 3 heteroatoms. The highest BCUT2D eigenvalue weighted by atomic mass is 15.0. The van der Waals surface area contributed by atoms with Crippen LogP contribution in [-0.2, 0) is 0 Å². The van der Waals surface area contributed by atoms with E-state index in [1.54, 1.807) is 0 Å². The Morgan fingerprint density at radius 3 is 1.82 bits per heavy atom. The van der Waals surface area contributed by atoms with Gasteiger partial charge in [-0.2, -0.15) is 0 Å². The molecule has 0 saturated carbocycles. The molecule has 0 bridgehead atoms. The standard InChI is InChI=1S/C47H39BN2/c1-3-5-8-24-42-47-40(17-4-2)37-22-13-15-25-43(37)49(47)44-26-16-14-23-41(44)48(42)50-45-31-35(33-18-9-6-10-19-33)27-29-38(45)39-30-28-36(32-46(39)50)34-20-11-7-12-21-34/h4,6-7,9-23,25-32H,2-3,5,8,24H2,1H3/b40-17-. The molecule has 8 aromatic rings. The first kappa shape index (κ1) is 30.3. The van der Waals surface area contributed by atoms with Crippen LogP contribution >= 0.6 is 0 Å². The average Bonchev–Trinajstić information content (AvgIpc) is 3.68. The molecule has 0 amide bonds. The number of allylic oxidation sites excluding steroid dienone is 1. The van der Waals surface area contributed by atoms with Crippen molar-refractivity contribution < 1.29 is 0 Å². The maximum absolute atomic E-state index is 4.18. The van der Waals surface area contributed by atoms with E-state index in [2.05, 4.69) is 174 Å². The summed E-state index contributed by atoms with van der Waals surface area (Å²) in [7, 11) is 0. The fourth-order valence-corrected chi connectivity index (χ4v) is 8.42. The lowest BCUT2D eigenvalue weighted by Crippen LogP contribution is -2.51. The molecule has 1 aliphatic rings. The summed E-state index contributed by atoms with van der Waals surface area (Å²) in [6, 6.07) is 53.7. The van der Waals surface area contributed by atoms with Gasteiger partial charge in [0.1, 0.15) is 0 Å². The summed E-state index contributed by atoms with van der Waals surface area (Å²) in [5.41, 5.74) is 12.8. The lowest BCUT2D eigenvalue weighted by Gasteiger charge is -2.29. The third kappa shape index (κ3) is 4.80. The van der Waals surface area contributed by atoms with Crippen LogP contribution in [0.4, 0.5) is 0 Å². The highest BCUT2D eigenvalue weighted by Crippen LogP contribution is 2.37. The van der Waals surface area contributed by atoms with Crippen molar-refractivity contribution in [2.24, 2.45) is 0 Å². The van der Waals surface area contributed by atoms with Crippen molar-refractivity contribution in [3.63, 3.8) is 0 Å². The Morgan fingerprint density at radius 2 is 1.18 bits per heavy atom. The van der Waals surface area contributed by atoms with Crippen molar-refractivity contribution in [3.05, 3.63) is 169 Å². The maximum atomic E-state index is 4.18. The number of benzene rings is 6. The van der Waals surface area contributed by atoms with E-state index >= 15 is 0 Å². The largest absolute Gasteiger partial charge is 0.376 e. The van der Waals surface area contributed by atoms with Crippen LogP contribution in [-0.4, -0.2) is 15.9 Å². The van der Waals surface area contributed by atoms with Crippen LogP contribution < -0.4 is 16.0 Å². The van der Waals surface area contributed by atoms with Gasteiger partial charge in [0, 0.05) is 43.4 Å². The lowest BCUT2D eigenvalue weighted by atomic mass is 9.47. The first-order chi connectivity index (χ1) is 24.8. The number of rotatable bonds is 8. The van der Waals surface area contributed by atoms with Crippen LogP contribution in [0.15, 0.2) is 158 Å². The molecular weight excluding hydrogens is 603 g/mol. The zero-order valence-electron chi connectivity index (χ0n) is 28.5. The molecule has 0 fully saturated rings. The van der Waals surface area contributed by atoms with Gasteiger partial charge in [-0.15, -0.1) is 0 Å². The summed E-state index contributed by atoms with van der Waals surface area (Å²) in [5.74, 6) is 0. The van der Waals surface area contributed by atoms with Crippen LogP contribution in [0.5, 0.6) is 0 Å². The molecule has 0 atom stereocenters. The monoisotopic (exact) mass is 642 g/mol. The molecule has 3 heterocycles. The van der Waals surface area contributed by atoms with Gasteiger partial charge in [0.2, 0.25) is 0 Å². The second-order valence-corrected chi connectivity index (χ2v) is 13.5. The van der Waals surface area contributed by atoms with Crippen LogP contribution in [0.2, 0.25) is 0 Å². The minimum absolute atomic E-state index is 0.00822.